The van der Waals surface area contributed by atoms with Gasteiger partial charge in [0.2, 0.25) is 0 Å². The number of nitrogens with two attached hydrogens (primary N) is 2. The molecule has 0 unspecified atom stereocenters. The summed E-state index contributed by atoms with van der Waals surface area (Å²) in [6.45, 7) is 0.195. The van der Waals surface area contributed by atoms with Gasteiger partial charge in [0.25, 0.3) is 0 Å². The van der Waals surface area contributed by atoms with Crippen LogP contribution < -0.4 is 19.4 Å². The molecular formula is C4H14N6O4Pd. The molecule has 0 aromatic heterocycles. The van der Waals surface area contributed by atoms with Gasteiger partial charge in [0.15, 0.2) is 0 Å². The Morgan fingerprint density at radius 2 is 1.33 bits per heavy atom. The van der Waals surface area contributed by atoms with E-state index in [-0.39, 0.29) is 26.2 Å². The summed E-state index contributed by atoms with van der Waals surface area (Å²) in [5.74, 6) is 0. The number of hydrogen-bond donors (Lipinski definition) is 4. The van der Waals surface area contributed by atoms with E-state index in [2.05, 4.69) is 7.90 Å². The summed E-state index contributed by atoms with van der Waals surface area (Å²) in [6, 6.07) is 0. The van der Waals surface area contributed by atoms with Crippen molar-refractivity contribution in [2.24, 2.45) is 11.5 Å². The van der Waals surface area contributed by atoms with E-state index in [1.807, 2.05) is 0 Å². The second-order valence-corrected chi connectivity index (χ2v) is 6.43. The monoisotopic (exact) mass is 316 g/mol. The van der Waals surface area contributed by atoms with Gasteiger partial charge >= 0.3 is 89.4 Å². The molecule has 0 atom stereocenters. The van der Waals surface area contributed by atoms with Crippen LogP contribution in [0.15, 0.2) is 0 Å². The topological polar surface area (TPSA) is 162 Å². The number of hydrogen-bond acceptors (Lipinski definition) is 8. The van der Waals surface area contributed by atoms with Crippen molar-refractivity contribution < 1.29 is 23.6 Å². The van der Waals surface area contributed by atoms with Gasteiger partial charge in [0.1, 0.15) is 0 Å². The Morgan fingerprint density at radius 3 is 1.53 bits per heavy atom. The van der Waals surface area contributed by atoms with E-state index in [4.69, 9.17) is 11.5 Å². The van der Waals surface area contributed by atoms with Crippen molar-refractivity contribution in [1.82, 2.24) is 7.90 Å². The SMILES string of the molecule is NCC[NH][Pd]([NH]CCN)([N+](=O)[O-])[N+](=O)[O-]. The van der Waals surface area contributed by atoms with Gasteiger partial charge in [-0.15, -0.1) is 0 Å². The maximum atomic E-state index is 10.7. The van der Waals surface area contributed by atoms with Crippen molar-refractivity contribution in [2.75, 3.05) is 26.2 Å². The zero-order chi connectivity index (χ0) is 11.9. The average Bonchev–Trinajstić information content (AvgIpc) is 2.17. The zero-order valence-corrected chi connectivity index (χ0v) is 9.38. The summed E-state index contributed by atoms with van der Waals surface area (Å²) in [4.78, 5) is 21.4. The Morgan fingerprint density at radius 1 is 1.00 bits per heavy atom. The molecule has 0 rings (SSSR count). The molecule has 0 aromatic carbocycles. The molecule has 94 valence electrons. The number of nitro groups is 2. The van der Waals surface area contributed by atoms with Crippen LogP contribution in [0.1, 0.15) is 0 Å². The average molecular weight is 317 g/mol. The Kier molecular flexibility index (Phi) is 6.41. The normalized spacial score (nSPS) is 12.4. The van der Waals surface area contributed by atoms with Crippen LogP contribution in [0.5, 0.6) is 0 Å². The molecule has 0 fully saturated rings. The molecular weight excluding hydrogens is 303 g/mol. The predicted octanol–water partition coefficient (Wildman–Crippen LogP) is -2.55. The van der Waals surface area contributed by atoms with Crippen molar-refractivity contribution in [3.8, 4) is 0 Å². The predicted molar refractivity (Wildman–Crippen MR) is 48.1 cm³/mol. The Bertz CT molecular complexity index is 213. The van der Waals surface area contributed by atoms with E-state index in [9.17, 15) is 20.2 Å². The van der Waals surface area contributed by atoms with Crippen LogP contribution in [0.3, 0.4) is 0 Å². The van der Waals surface area contributed by atoms with Gasteiger partial charge in [0, 0.05) is 0 Å². The molecule has 0 spiro atoms. The van der Waals surface area contributed by atoms with Gasteiger partial charge in [-0.1, -0.05) is 0 Å². The van der Waals surface area contributed by atoms with Crippen molar-refractivity contribution >= 4 is 0 Å². The summed E-state index contributed by atoms with van der Waals surface area (Å²) in [6.07, 6.45) is 0. The summed E-state index contributed by atoms with van der Waals surface area (Å²) in [5, 5.41) is 21.4. The first-order chi connectivity index (χ1) is 7.01. The second kappa shape index (κ2) is 6.73. The third-order valence-corrected chi connectivity index (χ3v) is 5.05. The molecule has 0 amide bonds. The first-order valence-corrected chi connectivity index (χ1v) is 6.80. The van der Waals surface area contributed by atoms with E-state index < -0.39 is 23.6 Å². The van der Waals surface area contributed by atoms with E-state index in [1.165, 1.54) is 0 Å². The van der Waals surface area contributed by atoms with Gasteiger partial charge < -0.3 is 0 Å². The minimum atomic E-state index is -4.34. The fourth-order valence-corrected chi connectivity index (χ4v) is 3.29. The minimum absolute atomic E-state index is 0.0106. The van der Waals surface area contributed by atoms with Crippen LogP contribution in [-0.4, -0.2) is 33.3 Å². The van der Waals surface area contributed by atoms with Crippen LogP contribution in [0.4, 0.5) is 0 Å². The molecule has 11 heteroatoms. The van der Waals surface area contributed by atoms with Crippen molar-refractivity contribution in [3.05, 3.63) is 20.2 Å². The van der Waals surface area contributed by atoms with Crippen LogP contribution in [0.25, 0.3) is 0 Å². The van der Waals surface area contributed by atoms with E-state index >= 15 is 0 Å². The third-order valence-electron chi connectivity index (χ3n) is 1.09. The number of nitrogens with one attached hydrogen (secondary N) is 2. The first-order valence-electron chi connectivity index (χ1n) is 3.85. The van der Waals surface area contributed by atoms with Crippen molar-refractivity contribution in [2.45, 2.75) is 0 Å². The fraction of sp³-hybridized carbons (Fsp3) is 1.00. The van der Waals surface area contributed by atoms with Crippen molar-refractivity contribution in [3.63, 3.8) is 0 Å². The molecule has 10 nitrogen and oxygen atoms in total. The summed E-state index contributed by atoms with van der Waals surface area (Å²) in [7, 11) is 0. The van der Waals surface area contributed by atoms with Gasteiger partial charge in [-0.05, 0) is 0 Å². The van der Waals surface area contributed by atoms with Crippen molar-refractivity contribution in [1.29, 1.82) is 0 Å². The first kappa shape index (κ1) is 14.3. The maximum absolute atomic E-state index is 10.7. The Hall–Kier alpha value is -0.698. The third kappa shape index (κ3) is 3.74. The molecule has 0 saturated heterocycles. The quantitative estimate of drug-likeness (QED) is 0.216. The second-order valence-electron chi connectivity index (χ2n) is 2.11. The summed E-state index contributed by atoms with van der Waals surface area (Å²) >= 11 is -4.34. The molecule has 0 aliphatic carbocycles. The molecule has 0 aromatic rings. The van der Waals surface area contributed by atoms with Gasteiger partial charge in [-0.25, -0.2) is 0 Å². The summed E-state index contributed by atoms with van der Waals surface area (Å²) in [5.41, 5.74) is 10.3. The van der Waals surface area contributed by atoms with Crippen LogP contribution in [0, 0.1) is 20.2 Å². The molecule has 15 heavy (non-hydrogen) atoms. The van der Waals surface area contributed by atoms with Gasteiger partial charge in [-0.2, -0.15) is 0 Å². The van der Waals surface area contributed by atoms with Crippen LogP contribution in [-0.2, 0) is 16.5 Å². The van der Waals surface area contributed by atoms with Crippen LogP contribution in [0.2, 0.25) is 0 Å². The number of nitrogens with zero attached hydrogens (tertiary/aromatic N) is 2. The van der Waals surface area contributed by atoms with Crippen LogP contribution >= 0.6 is 0 Å². The number of rotatable bonds is 8. The molecule has 6 N–H and O–H groups in total. The Balaban J connectivity index is 4.73. The van der Waals surface area contributed by atoms with E-state index in [1.54, 1.807) is 0 Å². The molecule has 0 heterocycles. The molecule has 0 saturated carbocycles. The fourth-order valence-electron chi connectivity index (χ4n) is 0.557. The summed E-state index contributed by atoms with van der Waals surface area (Å²) < 4.78 is 2.74. The zero-order valence-electron chi connectivity index (χ0n) is 7.83. The Labute approximate surface area is 89.8 Å². The van der Waals surface area contributed by atoms with Gasteiger partial charge in [-0.3, -0.25) is 0 Å². The van der Waals surface area contributed by atoms with Gasteiger partial charge in [0.05, 0.1) is 0 Å². The van der Waals surface area contributed by atoms with E-state index in [0.717, 1.165) is 0 Å². The molecule has 0 radical (unpaired) electrons. The standard InChI is InChI=1S/2C2H7N2.2NO2.Pd/c2*3-1-2-4;2*2-1-3;/h2*3H,1-2,4H2;;;/q2*-1;;;+2. The molecule has 0 aliphatic heterocycles. The molecule has 0 aliphatic rings. The molecule has 0 bridgehead atoms. The van der Waals surface area contributed by atoms with E-state index in [0.29, 0.717) is 0 Å².